The minimum Gasteiger partial charge on any atom is -0.497 e. The van der Waals surface area contributed by atoms with Gasteiger partial charge in [-0.25, -0.2) is 0 Å². The van der Waals surface area contributed by atoms with E-state index in [2.05, 4.69) is 4.90 Å². The Kier molecular flexibility index (Phi) is 8.13. The maximum absolute atomic E-state index is 13.3. The van der Waals surface area contributed by atoms with Crippen LogP contribution in [0.1, 0.15) is 30.0 Å². The molecule has 0 radical (unpaired) electrons. The third-order valence-corrected chi connectivity index (χ3v) is 6.95. The second-order valence-corrected chi connectivity index (χ2v) is 9.04. The Morgan fingerprint density at radius 1 is 0.857 bits per heavy atom. The summed E-state index contributed by atoms with van der Waals surface area (Å²) >= 11 is 0. The predicted octanol–water partition coefficient (Wildman–Crippen LogP) is 2.76. The van der Waals surface area contributed by atoms with Gasteiger partial charge in [-0.3, -0.25) is 14.5 Å². The summed E-state index contributed by atoms with van der Waals surface area (Å²) in [6, 6.07) is 13.4. The van der Waals surface area contributed by atoms with E-state index in [1.54, 1.807) is 21.3 Å². The van der Waals surface area contributed by atoms with Crippen LogP contribution < -0.4 is 14.2 Å². The molecule has 2 amide bonds. The highest BCUT2D eigenvalue weighted by molar-refractivity contribution is 5.80. The second kappa shape index (κ2) is 11.4. The molecule has 2 aliphatic rings. The molecule has 0 saturated carbocycles. The molecule has 2 aliphatic heterocycles. The molecule has 0 aromatic heterocycles. The van der Waals surface area contributed by atoms with E-state index >= 15 is 0 Å². The summed E-state index contributed by atoms with van der Waals surface area (Å²) in [7, 11) is 4.90. The topological polar surface area (TPSA) is 71.6 Å². The average Bonchev–Trinajstić information content (AvgIpc) is 3.38. The van der Waals surface area contributed by atoms with Crippen LogP contribution >= 0.6 is 0 Å². The van der Waals surface area contributed by atoms with Gasteiger partial charge >= 0.3 is 0 Å². The van der Waals surface area contributed by atoms with E-state index in [1.807, 2.05) is 52.3 Å². The van der Waals surface area contributed by atoms with E-state index in [4.69, 9.17) is 14.2 Å². The first-order valence-electron chi connectivity index (χ1n) is 12.2. The first kappa shape index (κ1) is 24.9. The lowest BCUT2D eigenvalue weighted by atomic mass is 10.0. The van der Waals surface area contributed by atoms with E-state index in [1.165, 1.54) is 0 Å². The predicted molar refractivity (Wildman–Crippen MR) is 133 cm³/mol. The van der Waals surface area contributed by atoms with Crippen molar-refractivity contribution in [3.05, 3.63) is 53.6 Å². The van der Waals surface area contributed by atoms with Crippen LogP contribution in [0.25, 0.3) is 0 Å². The Bertz CT molecular complexity index is 1040. The average molecular weight is 482 g/mol. The van der Waals surface area contributed by atoms with Gasteiger partial charge in [-0.05, 0) is 42.7 Å². The Morgan fingerprint density at radius 2 is 1.60 bits per heavy atom. The second-order valence-electron chi connectivity index (χ2n) is 9.04. The molecule has 2 fully saturated rings. The number of carbonyl (C=O) groups is 2. The fourth-order valence-electron chi connectivity index (χ4n) is 4.99. The lowest BCUT2D eigenvalue weighted by Gasteiger charge is -2.36. The van der Waals surface area contributed by atoms with Gasteiger partial charge in [0.15, 0.2) is 0 Å². The number of piperazine rings is 1. The Labute approximate surface area is 207 Å². The highest BCUT2D eigenvalue weighted by atomic mass is 16.5. The van der Waals surface area contributed by atoms with Crippen LogP contribution in [-0.2, 0) is 16.0 Å². The highest BCUT2D eigenvalue weighted by Crippen LogP contribution is 2.38. The summed E-state index contributed by atoms with van der Waals surface area (Å²) < 4.78 is 16.2. The van der Waals surface area contributed by atoms with Crippen molar-refractivity contribution in [2.75, 3.05) is 60.6 Å². The molecule has 1 atom stereocenters. The number of likely N-dealkylation sites (tertiary alicyclic amines) is 1. The van der Waals surface area contributed by atoms with Crippen LogP contribution in [0.5, 0.6) is 17.2 Å². The number of amides is 2. The van der Waals surface area contributed by atoms with Gasteiger partial charge in [0, 0.05) is 44.4 Å². The van der Waals surface area contributed by atoms with E-state index in [-0.39, 0.29) is 17.9 Å². The normalized spacial score (nSPS) is 18.4. The maximum atomic E-state index is 13.3. The lowest BCUT2D eigenvalue weighted by Crippen LogP contribution is -2.51. The van der Waals surface area contributed by atoms with Crippen LogP contribution in [0.3, 0.4) is 0 Å². The molecule has 8 heteroatoms. The summed E-state index contributed by atoms with van der Waals surface area (Å²) in [6.07, 6.45) is 2.24. The van der Waals surface area contributed by atoms with Gasteiger partial charge in [0.1, 0.15) is 17.2 Å². The van der Waals surface area contributed by atoms with Crippen molar-refractivity contribution in [1.29, 1.82) is 0 Å². The highest BCUT2D eigenvalue weighted by Gasteiger charge is 2.33. The van der Waals surface area contributed by atoms with Crippen LogP contribution in [0.2, 0.25) is 0 Å². The zero-order valence-electron chi connectivity index (χ0n) is 20.9. The number of rotatable bonds is 8. The molecule has 4 rings (SSSR count). The van der Waals surface area contributed by atoms with Gasteiger partial charge in [0.25, 0.3) is 0 Å². The number of hydrogen-bond donors (Lipinski definition) is 0. The number of methoxy groups -OCH3 is 3. The summed E-state index contributed by atoms with van der Waals surface area (Å²) in [6.45, 7) is 3.77. The third-order valence-electron chi connectivity index (χ3n) is 6.95. The van der Waals surface area contributed by atoms with Crippen molar-refractivity contribution < 1.29 is 23.8 Å². The first-order chi connectivity index (χ1) is 17.0. The molecule has 1 unspecified atom stereocenters. The molecule has 2 saturated heterocycles. The minimum atomic E-state index is 0.00841. The van der Waals surface area contributed by atoms with Crippen molar-refractivity contribution >= 4 is 11.8 Å². The molecule has 2 heterocycles. The molecule has 8 nitrogen and oxygen atoms in total. The van der Waals surface area contributed by atoms with E-state index < -0.39 is 0 Å². The van der Waals surface area contributed by atoms with Crippen molar-refractivity contribution in [3.63, 3.8) is 0 Å². The minimum absolute atomic E-state index is 0.00841. The first-order valence-corrected chi connectivity index (χ1v) is 12.2. The monoisotopic (exact) mass is 481 g/mol. The number of carbonyl (C=O) groups excluding carboxylic acids is 2. The fraction of sp³-hybridized carbons (Fsp3) is 0.481. The Hall–Kier alpha value is -3.26. The quantitative estimate of drug-likeness (QED) is 0.578. The molecule has 0 spiro atoms. The van der Waals surface area contributed by atoms with Crippen LogP contribution in [0, 0.1) is 0 Å². The van der Waals surface area contributed by atoms with Gasteiger partial charge in [0.2, 0.25) is 11.8 Å². The van der Waals surface area contributed by atoms with Crippen molar-refractivity contribution in [1.82, 2.24) is 14.7 Å². The summed E-state index contributed by atoms with van der Waals surface area (Å²) in [5.74, 6) is 2.47. The molecule has 188 valence electrons. The van der Waals surface area contributed by atoms with E-state index in [0.29, 0.717) is 39.1 Å². The molecule has 2 aromatic rings. The standard InChI is InChI=1S/C27H35N3O5/c1-33-21-7-4-6-20(16-21)17-26(31)29-14-12-28(13-15-29)19-27(32)30-11-5-8-24(30)23-10-9-22(34-2)18-25(23)35-3/h4,6-7,9-10,16,18,24H,5,8,11-15,17,19H2,1-3H3. The zero-order chi connectivity index (χ0) is 24.8. The molecule has 0 aliphatic carbocycles. The summed E-state index contributed by atoms with van der Waals surface area (Å²) in [4.78, 5) is 32.1. The van der Waals surface area contributed by atoms with Gasteiger partial charge in [-0.2, -0.15) is 0 Å². The Balaban J connectivity index is 1.31. The summed E-state index contributed by atoms with van der Waals surface area (Å²) in [5.41, 5.74) is 1.97. The lowest BCUT2D eigenvalue weighted by molar-refractivity contribution is -0.135. The van der Waals surface area contributed by atoms with Gasteiger partial charge in [-0.1, -0.05) is 12.1 Å². The molecule has 35 heavy (non-hydrogen) atoms. The van der Waals surface area contributed by atoms with Crippen molar-refractivity contribution in [2.24, 2.45) is 0 Å². The molecule has 2 aromatic carbocycles. The van der Waals surface area contributed by atoms with E-state index in [0.717, 1.165) is 47.8 Å². The number of hydrogen-bond acceptors (Lipinski definition) is 6. The van der Waals surface area contributed by atoms with Crippen LogP contribution in [0.4, 0.5) is 0 Å². The third kappa shape index (κ3) is 5.88. The van der Waals surface area contributed by atoms with Gasteiger partial charge in [0.05, 0.1) is 40.3 Å². The molecular formula is C27H35N3O5. The molecule has 0 N–H and O–H groups in total. The number of nitrogens with zero attached hydrogens (tertiary/aromatic N) is 3. The maximum Gasteiger partial charge on any atom is 0.237 e. The molecule has 0 bridgehead atoms. The van der Waals surface area contributed by atoms with Crippen LogP contribution in [0.15, 0.2) is 42.5 Å². The van der Waals surface area contributed by atoms with Gasteiger partial charge in [-0.15, -0.1) is 0 Å². The number of ether oxygens (including phenoxy) is 3. The van der Waals surface area contributed by atoms with Crippen molar-refractivity contribution in [2.45, 2.75) is 25.3 Å². The van der Waals surface area contributed by atoms with Crippen molar-refractivity contribution in [3.8, 4) is 17.2 Å². The van der Waals surface area contributed by atoms with E-state index in [9.17, 15) is 9.59 Å². The van der Waals surface area contributed by atoms with Gasteiger partial charge < -0.3 is 24.0 Å². The largest absolute Gasteiger partial charge is 0.497 e. The fourth-order valence-corrected chi connectivity index (χ4v) is 4.99. The zero-order valence-corrected chi connectivity index (χ0v) is 20.9. The SMILES string of the molecule is COc1cccc(CC(=O)N2CCN(CC(=O)N3CCCC3c3ccc(OC)cc3OC)CC2)c1. The Morgan fingerprint density at radius 3 is 2.31 bits per heavy atom. The molecular weight excluding hydrogens is 446 g/mol. The summed E-state index contributed by atoms with van der Waals surface area (Å²) in [5, 5.41) is 0. The van der Waals surface area contributed by atoms with Crippen LogP contribution in [-0.4, -0.2) is 87.1 Å². The smallest absolute Gasteiger partial charge is 0.237 e. The number of benzene rings is 2.